The van der Waals surface area contributed by atoms with E-state index in [1.165, 1.54) is 11.1 Å². The van der Waals surface area contributed by atoms with E-state index < -0.39 is 0 Å². The van der Waals surface area contributed by atoms with E-state index in [1.807, 2.05) is 25.4 Å². The van der Waals surface area contributed by atoms with Crippen molar-refractivity contribution in [2.24, 2.45) is 7.05 Å². The quantitative estimate of drug-likeness (QED) is 0.707. The van der Waals surface area contributed by atoms with E-state index in [-0.39, 0.29) is 12.1 Å². The number of nitrogens with one attached hydrogen (secondary N) is 1. The maximum absolute atomic E-state index is 5.72. The largest absolute Gasteiger partial charge is 0.357 e. The van der Waals surface area contributed by atoms with Crippen molar-refractivity contribution < 1.29 is 0 Å². The Morgan fingerprint density at radius 3 is 2.54 bits per heavy atom. The monoisotopic (exact) mass is 362 g/mol. The van der Waals surface area contributed by atoms with Crippen LogP contribution in [0.15, 0.2) is 67.1 Å². The Labute approximate surface area is 159 Å². The molecule has 1 saturated heterocycles. The SMILES string of the molecule is CCc1ccc(N2C(=S)N[C@@H](c3ccccn3)[C@@H]2c2ccn(C)c2)cc1. The van der Waals surface area contributed by atoms with Crippen molar-refractivity contribution in [1.29, 1.82) is 0 Å². The Kier molecular flexibility index (Phi) is 4.47. The molecule has 0 spiro atoms. The van der Waals surface area contributed by atoms with Crippen molar-refractivity contribution in [3.8, 4) is 0 Å². The minimum Gasteiger partial charge on any atom is -0.357 e. The van der Waals surface area contributed by atoms with Crippen LogP contribution in [0, 0.1) is 0 Å². The van der Waals surface area contributed by atoms with Crippen molar-refractivity contribution >= 4 is 23.0 Å². The highest BCUT2D eigenvalue weighted by Gasteiger charge is 2.40. The summed E-state index contributed by atoms with van der Waals surface area (Å²) in [5, 5.41) is 4.23. The first kappa shape index (κ1) is 16.8. The number of aryl methyl sites for hydroxylation is 2. The molecular weight excluding hydrogens is 340 g/mol. The van der Waals surface area contributed by atoms with Gasteiger partial charge in [-0.15, -0.1) is 0 Å². The highest BCUT2D eigenvalue weighted by molar-refractivity contribution is 7.80. The molecule has 0 saturated carbocycles. The van der Waals surface area contributed by atoms with Gasteiger partial charge >= 0.3 is 0 Å². The molecule has 2 aromatic heterocycles. The Morgan fingerprint density at radius 2 is 1.92 bits per heavy atom. The van der Waals surface area contributed by atoms with Crippen LogP contribution < -0.4 is 10.2 Å². The van der Waals surface area contributed by atoms with Crippen LogP contribution >= 0.6 is 12.2 Å². The average Bonchev–Trinajstić information content (AvgIpc) is 3.25. The summed E-state index contributed by atoms with van der Waals surface area (Å²) in [5.74, 6) is 0. The van der Waals surface area contributed by atoms with Crippen molar-refractivity contribution in [3.05, 3.63) is 83.9 Å². The molecule has 5 heteroatoms. The van der Waals surface area contributed by atoms with Gasteiger partial charge in [-0.3, -0.25) is 4.98 Å². The van der Waals surface area contributed by atoms with Gasteiger partial charge < -0.3 is 14.8 Å². The summed E-state index contributed by atoms with van der Waals surface area (Å²) in [7, 11) is 2.04. The highest BCUT2D eigenvalue weighted by Crippen LogP contribution is 2.41. The fourth-order valence-electron chi connectivity index (χ4n) is 3.56. The smallest absolute Gasteiger partial charge is 0.174 e. The second kappa shape index (κ2) is 6.92. The molecule has 0 radical (unpaired) electrons. The van der Waals surface area contributed by atoms with Crippen LogP contribution in [-0.4, -0.2) is 14.7 Å². The molecule has 0 bridgehead atoms. The molecule has 0 aliphatic carbocycles. The molecule has 1 N–H and O–H groups in total. The van der Waals surface area contributed by atoms with Crippen molar-refractivity contribution in [1.82, 2.24) is 14.9 Å². The van der Waals surface area contributed by atoms with Gasteiger partial charge in [0, 0.05) is 31.3 Å². The second-order valence-electron chi connectivity index (χ2n) is 6.63. The minimum atomic E-state index is 0.0111. The number of rotatable bonds is 4. The van der Waals surface area contributed by atoms with E-state index in [4.69, 9.17) is 12.2 Å². The Hall–Kier alpha value is -2.66. The van der Waals surface area contributed by atoms with Gasteiger partial charge in [0.1, 0.15) is 0 Å². The molecular formula is C21H22N4S. The number of hydrogen-bond acceptors (Lipinski definition) is 2. The number of anilines is 1. The normalized spacial score (nSPS) is 19.6. The summed E-state index contributed by atoms with van der Waals surface area (Å²) in [4.78, 5) is 6.79. The average molecular weight is 363 g/mol. The van der Waals surface area contributed by atoms with E-state index in [0.717, 1.165) is 22.9 Å². The number of aromatic nitrogens is 2. The van der Waals surface area contributed by atoms with Gasteiger partial charge in [0.15, 0.2) is 5.11 Å². The standard InChI is InChI=1S/C21H22N4S/c1-3-15-7-9-17(10-8-15)25-20(16-11-13-24(2)14-16)19(23-21(25)26)18-6-4-5-12-22-18/h4-14,19-20H,3H2,1-2H3,(H,23,26)/t19-,20-/m0/s1. The summed E-state index contributed by atoms with van der Waals surface area (Å²) < 4.78 is 2.07. The van der Waals surface area contributed by atoms with Crippen molar-refractivity contribution in [2.75, 3.05) is 4.90 Å². The van der Waals surface area contributed by atoms with Gasteiger partial charge in [0.2, 0.25) is 0 Å². The van der Waals surface area contributed by atoms with Crippen LogP contribution in [0.3, 0.4) is 0 Å². The van der Waals surface area contributed by atoms with Crippen molar-refractivity contribution in [2.45, 2.75) is 25.4 Å². The molecule has 4 rings (SSSR count). The Bertz CT molecular complexity index is 901. The number of pyridine rings is 1. The summed E-state index contributed by atoms with van der Waals surface area (Å²) >= 11 is 5.72. The molecule has 1 aromatic carbocycles. The fourth-order valence-corrected chi connectivity index (χ4v) is 3.91. The first-order valence-electron chi connectivity index (χ1n) is 8.89. The predicted octanol–water partition coefficient (Wildman–Crippen LogP) is 4.16. The summed E-state index contributed by atoms with van der Waals surface area (Å²) in [6, 6.07) is 16.9. The number of benzene rings is 1. The van der Waals surface area contributed by atoms with Gasteiger partial charge in [0.05, 0.1) is 17.8 Å². The Morgan fingerprint density at radius 1 is 1.12 bits per heavy atom. The number of hydrogen-bond donors (Lipinski definition) is 1. The molecule has 3 aromatic rings. The molecule has 0 amide bonds. The van der Waals surface area contributed by atoms with E-state index in [0.29, 0.717) is 0 Å². The molecule has 3 heterocycles. The third-order valence-electron chi connectivity index (χ3n) is 4.92. The number of nitrogens with zero attached hydrogens (tertiary/aromatic N) is 3. The lowest BCUT2D eigenvalue weighted by molar-refractivity contribution is 0.567. The molecule has 1 fully saturated rings. The van der Waals surface area contributed by atoms with Gasteiger partial charge in [-0.2, -0.15) is 0 Å². The molecule has 26 heavy (non-hydrogen) atoms. The van der Waals surface area contributed by atoms with Crippen LogP contribution in [0.4, 0.5) is 5.69 Å². The minimum absolute atomic E-state index is 0.0111. The zero-order chi connectivity index (χ0) is 18.1. The van der Waals surface area contributed by atoms with Gasteiger partial charge in [0.25, 0.3) is 0 Å². The van der Waals surface area contributed by atoms with Crippen LogP contribution in [0.2, 0.25) is 0 Å². The van der Waals surface area contributed by atoms with E-state index >= 15 is 0 Å². The summed E-state index contributed by atoms with van der Waals surface area (Å²) in [6.07, 6.45) is 7.09. The van der Waals surface area contributed by atoms with E-state index in [2.05, 4.69) is 75.5 Å². The van der Waals surface area contributed by atoms with Gasteiger partial charge in [-0.05, 0) is 60.1 Å². The lowest BCUT2D eigenvalue weighted by Gasteiger charge is -2.27. The van der Waals surface area contributed by atoms with E-state index in [1.54, 1.807) is 0 Å². The predicted molar refractivity (Wildman–Crippen MR) is 109 cm³/mol. The highest BCUT2D eigenvalue weighted by atomic mass is 32.1. The van der Waals surface area contributed by atoms with Gasteiger partial charge in [-0.1, -0.05) is 25.1 Å². The topological polar surface area (TPSA) is 33.1 Å². The first-order chi connectivity index (χ1) is 12.7. The molecule has 4 nitrogen and oxygen atoms in total. The molecule has 1 aliphatic heterocycles. The van der Waals surface area contributed by atoms with E-state index in [9.17, 15) is 0 Å². The molecule has 132 valence electrons. The van der Waals surface area contributed by atoms with Crippen molar-refractivity contribution in [3.63, 3.8) is 0 Å². The summed E-state index contributed by atoms with van der Waals surface area (Å²) in [5.41, 5.74) is 4.64. The maximum atomic E-state index is 5.72. The molecule has 1 aliphatic rings. The zero-order valence-electron chi connectivity index (χ0n) is 15.0. The summed E-state index contributed by atoms with van der Waals surface area (Å²) in [6.45, 7) is 2.17. The fraction of sp³-hybridized carbons (Fsp3) is 0.238. The van der Waals surface area contributed by atoms with Gasteiger partial charge in [-0.25, -0.2) is 0 Å². The second-order valence-corrected chi connectivity index (χ2v) is 7.01. The zero-order valence-corrected chi connectivity index (χ0v) is 15.8. The molecule has 2 atom stereocenters. The molecule has 0 unspecified atom stereocenters. The third-order valence-corrected chi connectivity index (χ3v) is 5.23. The first-order valence-corrected chi connectivity index (χ1v) is 9.29. The Balaban J connectivity index is 1.79. The van der Waals surface area contributed by atoms with Crippen LogP contribution in [0.25, 0.3) is 0 Å². The lowest BCUT2D eigenvalue weighted by Crippen LogP contribution is -2.29. The van der Waals surface area contributed by atoms with Crippen LogP contribution in [0.1, 0.15) is 35.8 Å². The third kappa shape index (κ3) is 2.99. The van der Waals surface area contributed by atoms with Crippen LogP contribution in [-0.2, 0) is 13.5 Å². The maximum Gasteiger partial charge on any atom is 0.174 e. The number of thiocarbonyl (C=S) groups is 1. The van der Waals surface area contributed by atoms with Crippen LogP contribution in [0.5, 0.6) is 0 Å². The lowest BCUT2D eigenvalue weighted by atomic mass is 9.98.